The molecule has 0 saturated carbocycles. The molecule has 2 nitrogen and oxygen atoms in total. The van der Waals surface area contributed by atoms with E-state index in [1.165, 1.54) is 0 Å². The third-order valence-corrected chi connectivity index (χ3v) is 2.25. The van der Waals surface area contributed by atoms with Crippen molar-refractivity contribution in [2.75, 3.05) is 34.4 Å². The highest BCUT2D eigenvalue weighted by Crippen LogP contribution is 2.06. The molecular weight excluding hydrogens is 205 g/mol. The van der Waals surface area contributed by atoms with Gasteiger partial charge in [-0.15, -0.1) is 0 Å². The van der Waals surface area contributed by atoms with E-state index in [-0.39, 0.29) is 6.10 Å². The van der Waals surface area contributed by atoms with E-state index < -0.39 is 6.67 Å². The summed E-state index contributed by atoms with van der Waals surface area (Å²) in [4.78, 5) is 0. The van der Waals surface area contributed by atoms with Crippen molar-refractivity contribution in [2.24, 2.45) is 0 Å². The predicted molar refractivity (Wildman–Crippen MR) is 63.9 cm³/mol. The van der Waals surface area contributed by atoms with Crippen molar-refractivity contribution in [3.05, 3.63) is 35.9 Å². The molecule has 0 aliphatic rings. The van der Waals surface area contributed by atoms with Gasteiger partial charge in [0.15, 0.2) is 0 Å². The van der Waals surface area contributed by atoms with Crippen molar-refractivity contribution in [3.63, 3.8) is 0 Å². The van der Waals surface area contributed by atoms with Gasteiger partial charge in [-0.1, -0.05) is 30.3 Å². The van der Waals surface area contributed by atoms with E-state index in [0.717, 1.165) is 5.56 Å². The standard InChI is InChI=1S/C13H21FNO/c1-15(2,3)10-13(9-14)16-11-12-7-5-4-6-8-12/h4-8,13H,9-11H2,1-3H3/q+1. The third-order valence-electron chi connectivity index (χ3n) is 2.25. The molecule has 0 aromatic heterocycles. The van der Waals surface area contributed by atoms with Crippen LogP contribution < -0.4 is 0 Å². The first-order valence-corrected chi connectivity index (χ1v) is 5.53. The maximum atomic E-state index is 12.8. The van der Waals surface area contributed by atoms with E-state index in [9.17, 15) is 4.39 Å². The summed E-state index contributed by atoms with van der Waals surface area (Å²) in [6.45, 7) is 0.737. The van der Waals surface area contributed by atoms with Gasteiger partial charge in [0.1, 0.15) is 19.3 Å². The lowest BCUT2D eigenvalue weighted by molar-refractivity contribution is -0.873. The number of rotatable bonds is 6. The van der Waals surface area contributed by atoms with Gasteiger partial charge in [0.25, 0.3) is 0 Å². The van der Waals surface area contributed by atoms with Crippen LogP contribution >= 0.6 is 0 Å². The number of nitrogens with zero attached hydrogens (tertiary/aromatic N) is 1. The van der Waals surface area contributed by atoms with Gasteiger partial charge in [0.05, 0.1) is 27.7 Å². The Labute approximate surface area is 97.2 Å². The van der Waals surface area contributed by atoms with E-state index in [2.05, 4.69) is 0 Å². The summed E-state index contributed by atoms with van der Waals surface area (Å²) in [7, 11) is 6.11. The van der Waals surface area contributed by atoms with Gasteiger partial charge in [-0.05, 0) is 5.56 Å². The van der Waals surface area contributed by atoms with Crippen LogP contribution in [0.5, 0.6) is 0 Å². The van der Waals surface area contributed by atoms with E-state index in [1.54, 1.807) is 0 Å². The molecule has 90 valence electrons. The average molecular weight is 226 g/mol. The van der Waals surface area contributed by atoms with Crippen LogP contribution in [0.1, 0.15) is 5.56 Å². The van der Waals surface area contributed by atoms with E-state index in [1.807, 2.05) is 51.5 Å². The largest absolute Gasteiger partial charge is 0.365 e. The minimum absolute atomic E-state index is 0.319. The minimum Gasteiger partial charge on any atom is -0.365 e. The van der Waals surface area contributed by atoms with Crippen molar-refractivity contribution in [3.8, 4) is 0 Å². The van der Waals surface area contributed by atoms with E-state index >= 15 is 0 Å². The van der Waals surface area contributed by atoms with Crippen LogP contribution in [0, 0.1) is 0 Å². The molecule has 0 aliphatic heterocycles. The number of benzene rings is 1. The van der Waals surface area contributed by atoms with E-state index in [4.69, 9.17) is 4.74 Å². The second kappa shape index (κ2) is 5.97. The van der Waals surface area contributed by atoms with Crippen molar-refractivity contribution in [2.45, 2.75) is 12.7 Å². The molecule has 0 fully saturated rings. The molecule has 0 spiro atoms. The lowest BCUT2D eigenvalue weighted by Crippen LogP contribution is -2.43. The van der Waals surface area contributed by atoms with Crippen LogP contribution in [0.3, 0.4) is 0 Å². The highest BCUT2D eigenvalue weighted by atomic mass is 19.1. The monoisotopic (exact) mass is 226 g/mol. The number of quaternary nitrogens is 1. The minimum atomic E-state index is -0.428. The SMILES string of the molecule is C[N+](C)(C)CC(CF)OCc1ccccc1. The lowest BCUT2D eigenvalue weighted by Gasteiger charge is -2.27. The first-order chi connectivity index (χ1) is 7.51. The Bertz CT molecular complexity index is 295. The van der Waals surface area contributed by atoms with Gasteiger partial charge in [0, 0.05) is 0 Å². The lowest BCUT2D eigenvalue weighted by atomic mass is 10.2. The number of hydrogen-bond donors (Lipinski definition) is 0. The molecule has 0 bridgehead atoms. The maximum absolute atomic E-state index is 12.8. The average Bonchev–Trinajstić information content (AvgIpc) is 2.24. The van der Waals surface area contributed by atoms with Crippen molar-refractivity contribution >= 4 is 0 Å². The summed E-state index contributed by atoms with van der Waals surface area (Å²) in [5.41, 5.74) is 1.09. The number of alkyl halides is 1. The zero-order valence-electron chi connectivity index (χ0n) is 10.3. The van der Waals surface area contributed by atoms with Crippen LogP contribution in [-0.2, 0) is 11.3 Å². The Kier molecular flexibility index (Phi) is 4.90. The molecule has 1 atom stereocenters. The van der Waals surface area contributed by atoms with Gasteiger partial charge in [-0.3, -0.25) is 0 Å². The Hall–Kier alpha value is -0.930. The fourth-order valence-electron chi connectivity index (χ4n) is 1.55. The Morgan fingerprint density at radius 1 is 1.19 bits per heavy atom. The fraction of sp³-hybridized carbons (Fsp3) is 0.538. The number of hydrogen-bond acceptors (Lipinski definition) is 1. The third kappa shape index (κ3) is 5.24. The highest BCUT2D eigenvalue weighted by molar-refractivity contribution is 5.13. The van der Waals surface area contributed by atoms with E-state index in [0.29, 0.717) is 17.6 Å². The topological polar surface area (TPSA) is 9.23 Å². The zero-order valence-corrected chi connectivity index (χ0v) is 10.3. The van der Waals surface area contributed by atoms with Crippen LogP contribution in [0.25, 0.3) is 0 Å². The van der Waals surface area contributed by atoms with Crippen molar-refractivity contribution < 1.29 is 13.6 Å². The first kappa shape index (κ1) is 13.1. The van der Waals surface area contributed by atoms with Crippen LogP contribution in [-0.4, -0.2) is 44.9 Å². The molecule has 1 aromatic carbocycles. The molecule has 1 rings (SSSR count). The maximum Gasteiger partial charge on any atom is 0.135 e. The fourth-order valence-corrected chi connectivity index (χ4v) is 1.55. The van der Waals surface area contributed by atoms with Gasteiger partial charge < -0.3 is 9.22 Å². The normalized spacial score (nSPS) is 13.8. The number of likely N-dealkylation sites (N-methyl/N-ethyl adjacent to an activating group) is 1. The second-order valence-corrected chi connectivity index (χ2v) is 5.05. The zero-order chi connectivity index (χ0) is 12.0. The summed E-state index contributed by atoms with van der Waals surface area (Å²) < 4.78 is 19.0. The molecule has 3 heteroatoms. The molecule has 0 saturated heterocycles. The van der Waals surface area contributed by atoms with Crippen LogP contribution in [0.15, 0.2) is 30.3 Å². The summed E-state index contributed by atoms with van der Waals surface area (Å²) in [6.07, 6.45) is -0.319. The molecule has 0 heterocycles. The predicted octanol–water partition coefficient (Wildman–Crippen LogP) is 2.25. The van der Waals surface area contributed by atoms with Crippen molar-refractivity contribution in [1.82, 2.24) is 0 Å². The van der Waals surface area contributed by atoms with Gasteiger partial charge in [-0.25, -0.2) is 4.39 Å². The highest BCUT2D eigenvalue weighted by Gasteiger charge is 2.18. The van der Waals surface area contributed by atoms with Crippen LogP contribution in [0.4, 0.5) is 4.39 Å². The Balaban J connectivity index is 2.40. The smallest absolute Gasteiger partial charge is 0.135 e. The molecule has 0 amide bonds. The number of ether oxygens (including phenoxy) is 1. The van der Waals surface area contributed by atoms with Gasteiger partial charge >= 0.3 is 0 Å². The number of halogens is 1. The molecular formula is C13H21FNO+. The Morgan fingerprint density at radius 3 is 2.31 bits per heavy atom. The summed E-state index contributed by atoms with van der Waals surface area (Å²) in [5.74, 6) is 0. The van der Waals surface area contributed by atoms with Crippen molar-refractivity contribution in [1.29, 1.82) is 0 Å². The molecule has 0 radical (unpaired) electrons. The van der Waals surface area contributed by atoms with Gasteiger partial charge in [0.2, 0.25) is 0 Å². The molecule has 0 aliphatic carbocycles. The molecule has 1 unspecified atom stereocenters. The second-order valence-electron chi connectivity index (χ2n) is 5.05. The molecule has 0 N–H and O–H groups in total. The summed E-state index contributed by atoms with van der Waals surface area (Å²) >= 11 is 0. The molecule has 1 aromatic rings. The first-order valence-electron chi connectivity index (χ1n) is 5.53. The summed E-state index contributed by atoms with van der Waals surface area (Å²) in [5, 5.41) is 0. The Morgan fingerprint density at radius 2 is 1.81 bits per heavy atom. The van der Waals surface area contributed by atoms with Gasteiger partial charge in [-0.2, -0.15) is 0 Å². The molecule has 16 heavy (non-hydrogen) atoms. The van der Waals surface area contributed by atoms with Crippen LogP contribution in [0.2, 0.25) is 0 Å². The quantitative estimate of drug-likeness (QED) is 0.676. The summed E-state index contributed by atoms with van der Waals surface area (Å²) in [6, 6.07) is 9.86.